The summed E-state index contributed by atoms with van der Waals surface area (Å²) in [5.41, 5.74) is 4.40. The van der Waals surface area contributed by atoms with E-state index in [4.69, 9.17) is 4.74 Å². The number of ether oxygens (including phenoxy) is 1. The van der Waals surface area contributed by atoms with Crippen LogP contribution in [0.2, 0.25) is 0 Å². The molecule has 0 aromatic carbocycles. The molecular formula is C17H28N2O2. The number of aromatic nitrogens is 1. The molecule has 0 bridgehead atoms. The Bertz CT molecular complexity index is 475. The Balaban J connectivity index is 2.96. The minimum Gasteiger partial charge on any atom is -0.468 e. The summed E-state index contributed by atoms with van der Waals surface area (Å²) < 4.78 is 4.91. The second-order valence-corrected chi connectivity index (χ2v) is 6.17. The number of esters is 1. The monoisotopic (exact) mass is 292 g/mol. The number of hydrogen-bond acceptors (Lipinski definition) is 4. The highest BCUT2D eigenvalue weighted by molar-refractivity contribution is 5.75. The van der Waals surface area contributed by atoms with Gasteiger partial charge in [0.05, 0.1) is 7.11 Å². The SMILES string of the molecule is COC(=O)C(CC(C)C)NC(C)c1c(C)cc(C)nc1C. The van der Waals surface area contributed by atoms with Crippen molar-refractivity contribution in [1.82, 2.24) is 10.3 Å². The van der Waals surface area contributed by atoms with Crippen molar-refractivity contribution in [2.24, 2.45) is 5.92 Å². The molecule has 0 saturated heterocycles. The van der Waals surface area contributed by atoms with Gasteiger partial charge in [-0.3, -0.25) is 15.1 Å². The number of pyridine rings is 1. The third kappa shape index (κ3) is 4.81. The number of aryl methyl sites for hydroxylation is 3. The van der Waals surface area contributed by atoms with E-state index in [-0.39, 0.29) is 18.1 Å². The Labute approximate surface area is 128 Å². The van der Waals surface area contributed by atoms with E-state index in [1.807, 2.05) is 13.8 Å². The molecule has 1 rings (SSSR count). The average molecular weight is 292 g/mol. The Morgan fingerprint density at radius 2 is 1.90 bits per heavy atom. The molecule has 0 aliphatic carbocycles. The molecule has 0 spiro atoms. The maximum absolute atomic E-state index is 11.9. The van der Waals surface area contributed by atoms with Gasteiger partial charge in [-0.25, -0.2) is 0 Å². The van der Waals surface area contributed by atoms with Crippen LogP contribution in [0.1, 0.15) is 55.7 Å². The number of rotatable bonds is 6. The van der Waals surface area contributed by atoms with Crippen molar-refractivity contribution in [2.45, 2.75) is 60.0 Å². The standard InChI is InChI=1S/C17H28N2O2/c1-10(2)8-15(17(20)21-7)19-14(6)16-11(3)9-12(4)18-13(16)5/h9-10,14-15,19H,8H2,1-7H3. The highest BCUT2D eigenvalue weighted by Crippen LogP contribution is 2.22. The van der Waals surface area contributed by atoms with E-state index in [1.54, 1.807) is 0 Å². The number of methoxy groups -OCH3 is 1. The van der Waals surface area contributed by atoms with E-state index < -0.39 is 0 Å². The van der Waals surface area contributed by atoms with E-state index >= 15 is 0 Å². The van der Waals surface area contributed by atoms with Gasteiger partial charge in [0.2, 0.25) is 0 Å². The Kier molecular flexibility index (Phi) is 6.34. The maximum Gasteiger partial charge on any atom is 0.322 e. The predicted molar refractivity (Wildman–Crippen MR) is 85.3 cm³/mol. The molecule has 1 N–H and O–H groups in total. The van der Waals surface area contributed by atoms with Gasteiger partial charge in [0.25, 0.3) is 0 Å². The highest BCUT2D eigenvalue weighted by Gasteiger charge is 2.24. The molecule has 0 fully saturated rings. The lowest BCUT2D eigenvalue weighted by Gasteiger charge is -2.25. The van der Waals surface area contributed by atoms with Crippen LogP contribution < -0.4 is 5.32 Å². The third-order valence-corrected chi connectivity index (χ3v) is 3.66. The fraction of sp³-hybridized carbons (Fsp3) is 0.647. The minimum atomic E-state index is -0.287. The van der Waals surface area contributed by atoms with Gasteiger partial charge in [0, 0.05) is 17.4 Å². The first kappa shape index (κ1) is 17.6. The molecule has 0 radical (unpaired) electrons. The number of carbonyl (C=O) groups is 1. The Morgan fingerprint density at radius 3 is 2.38 bits per heavy atom. The van der Waals surface area contributed by atoms with Gasteiger partial charge in [-0.15, -0.1) is 0 Å². The van der Waals surface area contributed by atoms with Gasteiger partial charge in [-0.2, -0.15) is 0 Å². The van der Waals surface area contributed by atoms with Crippen LogP contribution in [-0.4, -0.2) is 24.1 Å². The van der Waals surface area contributed by atoms with Gasteiger partial charge in [0.15, 0.2) is 0 Å². The van der Waals surface area contributed by atoms with E-state index in [0.29, 0.717) is 5.92 Å². The molecule has 1 aromatic rings. The van der Waals surface area contributed by atoms with Gasteiger partial charge < -0.3 is 4.74 Å². The molecule has 0 saturated carbocycles. The lowest BCUT2D eigenvalue weighted by Crippen LogP contribution is -2.40. The molecule has 0 amide bonds. The quantitative estimate of drug-likeness (QED) is 0.818. The summed E-state index contributed by atoms with van der Waals surface area (Å²) in [6, 6.07) is 1.85. The van der Waals surface area contributed by atoms with Crippen LogP contribution in [0.3, 0.4) is 0 Å². The van der Waals surface area contributed by atoms with Crippen molar-refractivity contribution in [2.75, 3.05) is 7.11 Å². The second-order valence-electron chi connectivity index (χ2n) is 6.17. The summed E-state index contributed by atoms with van der Waals surface area (Å²) >= 11 is 0. The minimum absolute atomic E-state index is 0.0564. The van der Waals surface area contributed by atoms with E-state index in [9.17, 15) is 4.79 Å². The van der Waals surface area contributed by atoms with Crippen LogP contribution in [0.5, 0.6) is 0 Å². The molecule has 2 atom stereocenters. The summed E-state index contributed by atoms with van der Waals surface area (Å²) in [6.07, 6.45) is 0.758. The molecule has 0 aliphatic heterocycles. The van der Waals surface area contributed by atoms with Crippen LogP contribution in [-0.2, 0) is 9.53 Å². The molecule has 4 nitrogen and oxygen atoms in total. The van der Waals surface area contributed by atoms with Crippen LogP contribution in [0.25, 0.3) is 0 Å². The fourth-order valence-electron chi connectivity index (χ4n) is 2.92. The first-order valence-corrected chi connectivity index (χ1v) is 7.54. The summed E-state index contributed by atoms with van der Waals surface area (Å²) in [6.45, 7) is 12.4. The highest BCUT2D eigenvalue weighted by atomic mass is 16.5. The molecule has 21 heavy (non-hydrogen) atoms. The van der Waals surface area contributed by atoms with Gasteiger partial charge >= 0.3 is 5.97 Å². The zero-order chi connectivity index (χ0) is 16.2. The molecular weight excluding hydrogens is 264 g/mol. The van der Waals surface area contributed by atoms with Crippen molar-refractivity contribution in [3.8, 4) is 0 Å². The molecule has 118 valence electrons. The predicted octanol–water partition coefficient (Wildman–Crippen LogP) is 3.25. The summed E-state index contributed by atoms with van der Waals surface area (Å²) in [7, 11) is 1.44. The number of nitrogens with zero attached hydrogens (tertiary/aromatic N) is 1. The number of nitrogens with one attached hydrogen (secondary N) is 1. The Hall–Kier alpha value is -1.42. The zero-order valence-electron chi connectivity index (χ0n) is 14.3. The van der Waals surface area contributed by atoms with Gasteiger partial charge in [-0.1, -0.05) is 13.8 Å². The topological polar surface area (TPSA) is 51.2 Å². The molecule has 0 aliphatic rings. The lowest BCUT2D eigenvalue weighted by molar-refractivity contribution is -0.143. The molecule has 1 heterocycles. The summed E-state index contributed by atoms with van der Waals surface area (Å²) in [5.74, 6) is 0.220. The van der Waals surface area contributed by atoms with Crippen molar-refractivity contribution < 1.29 is 9.53 Å². The maximum atomic E-state index is 11.9. The number of carbonyl (C=O) groups excluding carboxylic acids is 1. The van der Waals surface area contributed by atoms with Gasteiger partial charge in [0.1, 0.15) is 6.04 Å². The number of hydrogen-bond donors (Lipinski definition) is 1. The molecule has 4 heteroatoms. The molecule has 2 unspecified atom stereocenters. The van der Waals surface area contributed by atoms with Crippen LogP contribution in [0.4, 0.5) is 0 Å². The Morgan fingerprint density at radius 1 is 1.29 bits per heavy atom. The van der Waals surface area contributed by atoms with Crippen LogP contribution in [0.15, 0.2) is 6.07 Å². The first-order chi connectivity index (χ1) is 9.76. The van der Waals surface area contributed by atoms with E-state index in [1.165, 1.54) is 18.2 Å². The summed E-state index contributed by atoms with van der Waals surface area (Å²) in [5, 5.41) is 3.40. The van der Waals surface area contributed by atoms with E-state index in [0.717, 1.165) is 17.8 Å². The van der Waals surface area contributed by atoms with Crippen molar-refractivity contribution in [3.63, 3.8) is 0 Å². The first-order valence-electron chi connectivity index (χ1n) is 7.54. The lowest BCUT2D eigenvalue weighted by atomic mass is 9.97. The smallest absolute Gasteiger partial charge is 0.322 e. The van der Waals surface area contributed by atoms with Gasteiger partial charge in [-0.05, 0) is 57.2 Å². The normalized spacial score (nSPS) is 14.1. The second kappa shape index (κ2) is 7.55. The zero-order valence-corrected chi connectivity index (χ0v) is 14.3. The van der Waals surface area contributed by atoms with Crippen LogP contribution >= 0.6 is 0 Å². The largest absolute Gasteiger partial charge is 0.468 e. The van der Waals surface area contributed by atoms with Crippen LogP contribution in [0, 0.1) is 26.7 Å². The molecule has 1 aromatic heterocycles. The van der Waals surface area contributed by atoms with Crippen molar-refractivity contribution >= 4 is 5.97 Å². The van der Waals surface area contributed by atoms with E-state index in [2.05, 4.69) is 44.1 Å². The third-order valence-electron chi connectivity index (χ3n) is 3.66. The summed E-state index contributed by atoms with van der Waals surface area (Å²) in [4.78, 5) is 16.5. The fourth-order valence-corrected chi connectivity index (χ4v) is 2.92. The van der Waals surface area contributed by atoms with Crippen molar-refractivity contribution in [1.29, 1.82) is 0 Å². The van der Waals surface area contributed by atoms with Crippen molar-refractivity contribution in [3.05, 3.63) is 28.6 Å². The average Bonchev–Trinajstić information content (AvgIpc) is 2.35.